The number of halogens is 1. The summed E-state index contributed by atoms with van der Waals surface area (Å²) in [4.78, 5) is 11.7. The van der Waals surface area contributed by atoms with E-state index in [2.05, 4.69) is 26.1 Å². The molecule has 0 bridgehead atoms. The molecule has 0 aliphatic heterocycles. The molecule has 1 rings (SSSR count). The first-order valence-electron chi connectivity index (χ1n) is 5.97. The molecule has 3 nitrogen and oxygen atoms in total. The van der Waals surface area contributed by atoms with Gasteiger partial charge in [-0.15, -0.1) is 0 Å². The Morgan fingerprint density at radius 3 is 2.39 bits per heavy atom. The van der Waals surface area contributed by atoms with E-state index >= 15 is 0 Å². The maximum Gasteiger partial charge on any atom is 0.258 e. The van der Waals surface area contributed by atoms with Gasteiger partial charge in [0.25, 0.3) is 5.91 Å². The topological polar surface area (TPSA) is 38.3 Å². The fraction of sp³-hybridized carbons (Fsp3) is 0.500. The lowest BCUT2D eigenvalue weighted by atomic mass is 9.88. The van der Waals surface area contributed by atoms with Gasteiger partial charge < -0.3 is 10.1 Å². The second-order valence-electron chi connectivity index (χ2n) is 5.40. The highest BCUT2D eigenvalue weighted by atomic mass is 35.5. The van der Waals surface area contributed by atoms with Gasteiger partial charge in [0.2, 0.25) is 0 Å². The molecule has 1 amide bonds. The maximum atomic E-state index is 11.7. The van der Waals surface area contributed by atoms with Gasteiger partial charge in [0.05, 0.1) is 0 Å². The Balaban J connectivity index is 2.40. The first kappa shape index (κ1) is 14.8. The van der Waals surface area contributed by atoms with Crippen LogP contribution in [0.4, 0.5) is 0 Å². The third-order valence-corrected chi connectivity index (χ3v) is 3.11. The van der Waals surface area contributed by atoms with Gasteiger partial charge in [0.1, 0.15) is 5.75 Å². The van der Waals surface area contributed by atoms with Crippen molar-refractivity contribution in [3.05, 3.63) is 29.3 Å². The summed E-state index contributed by atoms with van der Waals surface area (Å²) in [5.41, 5.74) is 0.0376. The minimum atomic E-state index is -0.118. The van der Waals surface area contributed by atoms with E-state index < -0.39 is 0 Å². The highest BCUT2D eigenvalue weighted by Crippen LogP contribution is 2.18. The summed E-state index contributed by atoms with van der Waals surface area (Å²) in [5.74, 6) is 0.519. The lowest BCUT2D eigenvalue weighted by molar-refractivity contribution is -0.124. The number of hydrogen-bond acceptors (Lipinski definition) is 2. The van der Waals surface area contributed by atoms with Gasteiger partial charge >= 0.3 is 0 Å². The first-order valence-corrected chi connectivity index (χ1v) is 6.34. The van der Waals surface area contributed by atoms with Gasteiger partial charge in [-0.1, -0.05) is 32.4 Å². The lowest BCUT2D eigenvalue weighted by Gasteiger charge is -2.28. The molecule has 1 aromatic carbocycles. The molecule has 1 N–H and O–H groups in total. The number of carbonyl (C=O) groups is 1. The predicted molar refractivity (Wildman–Crippen MR) is 74.0 cm³/mol. The molecule has 0 saturated carbocycles. The molecule has 1 aromatic rings. The summed E-state index contributed by atoms with van der Waals surface area (Å²) in [7, 11) is 0. The van der Waals surface area contributed by atoms with Crippen molar-refractivity contribution in [2.24, 2.45) is 5.41 Å². The monoisotopic (exact) mass is 269 g/mol. The van der Waals surface area contributed by atoms with Crippen molar-refractivity contribution in [3.8, 4) is 5.75 Å². The number of hydrogen-bond donors (Lipinski definition) is 1. The van der Waals surface area contributed by atoms with E-state index in [-0.39, 0.29) is 24.0 Å². The largest absolute Gasteiger partial charge is 0.484 e. The zero-order valence-corrected chi connectivity index (χ0v) is 12.0. The average Bonchev–Trinajstić information content (AvgIpc) is 2.27. The summed E-state index contributed by atoms with van der Waals surface area (Å²) >= 11 is 5.76. The van der Waals surface area contributed by atoms with Crippen molar-refractivity contribution in [2.45, 2.75) is 33.7 Å². The van der Waals surface area contributed by atoms with Gasteiger partial charge in [-0.25, -0.2) is 0 Å². The molecule has 0 aromatic heterocycles. The average molecular weight is 270 g/mol. The zero-order chi connectivity index (χ0) is 13.8. The van der Waals surface area contributed by atoms with Crippen molar-refractivity contribution < 1.29 is 9.53 Å². The molecule has 4 heteroatoms. The van der Waals surface area contributed by atoms with E-state index in [1.54, 1.807) is 24.3 Å². The number of rotatable bonds is 4. The Bertz CT molecular complexity index is 395. The quantitative estimate of drug-likeness (QED) is 0.911. The van der Waals surface area contributed by atoms with Gasteiger partial charge in [0.15, 0.2) is 6.61 Å². The first-order chi connectivity index (χ1) is 8.29. The molecule has 0 saturated heterocycles. The van der Waals surface area contributed by atoms with Crippen molar-refractivity contribution in [2.75, 3.05) is 6.61 Å². The second kappa shape index (κ2) is 6.10. The van der Waals surface area contributed by atoms with Gasteiger partial charge in [-0.3, -0.25) is 4.79 Å². The van der Waals surface area contributed by atoms with Crippen LogP contribution in [0.2, 0.25) is 5.02 Å². The highest BCUT2D eigenvalue weighted by Gasteiger charge is 2.21. The van der Waals surface area contributed by atoms with Crippen molar-refractivity contribution >= 4 is 17.5 Å². The summed E-state index contributed by atoms with van der Waals surface area (Å²) in [6.45, 7) is 8.25. The Labute approximate surface area is 113 Å². The van der Waals surface area contributed by atoms with Crippen LogP contribution >= 0.6 is 11.6 Å². The highest BCUT2D eigenvalue weighted by molar-refractivity contribution is 6.30. The number of carbonyl (C=O) groups excluding carboxylic acids is 1. The minimum absolute atomic E-state index is 0.0159. The van der Waals surface area contributed by atoms with E-state index in [9.17, 15) is 4.79 Å². The molecule has 0 fully saturated rings. The Morgan fingerprint density at radius 1 is 1.33 bits per heavy atom. The van der Waals surface area contributed by atoms with Crippen molar-refractivity contribution in [3.63, 3.8) is 0 Å². The fourth-order valence-corrected chi connectivity index (χ4v) is 1.31. The van der Waals surface area contributed by atoms with E-state index in [1.165, 1.54) is 0 Å². The molecule has 0 aliphatic rings. The van der Waals surface area contributed by atoms with Crippen LogP contribution in [0, 0.1) is 5.41 Å². The Kier molecular flexibility index (Phi) is 5.03. The molecular weight excluding hydrogens is 250 g/mol. The SMILES string of the molecule is CC(NC(=O)COc1ccc(Cl)cc1)C(C)(C)C. The second-order valence-corrected chi connectivity index (χ2v) is 5.83. The third-order valence-electron chi connectivity index (χ3n) is 2.86. The molecule has 0 aliphatic carbocycles. The summed E-state index contributed by atoms with van der Waals surface area (Å²) in [6.07, 6.45) is 0. The van der Waals surface area contributed by atoms with Crippen LogP contribution in [0.1, 0.15) is 27.7 Å². The fourth-order valence-electron chi connectivity index (χ4n) is 1.18. The predicted octanol–water partition coefficient (Wildman–Crippen LogP) is 3.27. The Hall–Kier alpha value is -1.22. The molecule has 18 heavy (non-hydrogen) atoms. The van der Waals surface area contributed by atoms with Crippen molar-refractivity contribution in [1.29, 1.82) is 0 Å². The normalized spacial score (nSPS) is 12.9. The zero-order valence-electron chi connectivity index (χ0n) is 11.3. The van der Waals surface area contributed by atoms with Gasteiger partial charge in [0, 0.05) is 11.1 Å². The van der Waals surface area contributed by atoms with Crippen LogP contribution in [0.3, 0.4) is 0 Å². The number of amides is 1. The van der Waals surface area contributed by atoms with Crippen LogP contribution in [-0.2, 0) is 4.79 Å². The van der Waals surface area contributed by atoms with Crippen LogP contribution in [-0.4, -0.2) is 18.6 Å². The van der Waals surface area contributed by atoms with Gasteiger partial charge in [-0.05, 0) is 36.6 Å². The molecule has 1 unspecified atom stereocenters. The van der Waals surface area contributed by atoms with Crippen LogP contribution < -0.4 is 10.1 Å². The molecular formula is C14H20ClNO2. The van der Waals surface area contributed by atoms with E-state index in [1.807, 2.05) is 6.92 Å². The lowest BCUT2D eigenvalue weighted by Crippen LogP contribution is -2.43. The molecule has 0 heterocycles. The number of benzene rings is 1. The molecule has 0 spiro atoms. The third kappa shape index (κ3) is 4.96. The summed E-state index contributed by atoms with van der Waals surface area (Å²) in [5, 5.41) is 3.56. The molecule has 100 valence electrons. The smallest absolute Gasteiger partial charge is 0.258 e. The van der Waals surface area contributed by atoms with E-state index in [0.717, 1.165) is 0 Å². The van der Waals surface area contributed by atoms with E-state index in [4.69, 9.17) is 16.3 Å². The maximum absolute atomic E-state index is 11.7. The molecule has 1 atom stereocenters. The van der Waals surface area contributed by atoms with Crippen LogP contribution in [0.5, 0.6) is 5.75 Å². The number of nitrogens with one attached hydrogen (secondary N) is 1. The van der Waals surface area contributed by atoms with E-state index in [0.29, 0.717) is 10.8 Å². The van der Waals surface area contributed by atoms with Crippen LogP contribution in [0.15, 0.2) is 24.3 Å². The number of ether oxygens (including phenoxy) is 1. The summed E-state index contributed by atoms with van der Waals surface area (Å²) in [6, 6.07) is 7.03. The summed E-state index contributed by atoms with van der Waals surface area (Å²) < 4.78 is 5.37. The van der Waals surface area contributed by atoms with Crippen molar-refractivity contribution in [1.82, 2.24) is 5.32 Å². The minimum Gasteiger partial charge on any atom is -0.484 e. The van der Waals surface area contributed by atoms with Gasteiger partial charge in [-0.2, -0.15) is 0 Å². The van der Waals surface area contributed by atoms with Crippen LogP contribution in [0.25, 0.3) is 0 Å². The standard InChI is InChI=1S/C14H20ClNO2/c1-10(14(2,3)4)16-13(17)9-18-12-7-5-11(15)6-8-12/h5-8,10H,9H2,1-4H3,(H,16,17). The molecule has 0 radical (unpaired) electrons. The Morgan fingerprint density at radius 2 is 1.89 bits per heavy atom.